The second-order valence-corrected chi connectivity index (χ2v) is 7.97. The topological polar surface area (TPSA) is 79.5 Å². The van der Waals surface area contributed by atoms with Gasteiger partial charge in [-0.15, -0.1) is 0 Å². The van der Waals surface area contributed by atoms with Crippen LogP contribution in [0.3, 0.4) is 0 Å². The lowest BCUT2D eigenvalue weighted by Crippen LogP contribution is -2.30. The second kappa shape index (κ2) is 6.70. The van der Waals surface area contributed by atoms with Crippen LogP contribution in [0.4, 0.5) is 0 Å². The molecule has 0 saturated heterocycles. The van der Waals surface area contributed by atoms with Crippen molar-refractivity contribution in [1.29, 1.82) is 0 Å². The summed E-state index contributed by atoms with van der Waals surface area (Å²) < 4.78 is 33.4. The van der Waals surface area contributed by atoms with Gasteiger partial charge in [0.1, 0.15) is 17.6 Å². The number of rotatable bonds is 5. The van der Waals surface area contributed by atoms with Crippen molar-refractivity contribution in [2.75, 3.05) is 6.54 Å². The van der Waals surface area contributed by atoms with Gasteiger partial charge in [-0.05, 0) is 81.5 Å². The average molecular weight is 351 g/mol. The van der Waals surface area contributed by atoms with Crippen molar-refractivity contribution in [2.24, 2.45) is 0 Å². The van der Waals surface area contributed by atoms with Crippen LogP contribution in [0, 0.1) is 41.5 Å². The van der Waals surface area contributed by atoms with Crippen molar-refractivity contribution in [2.45, 2.75) is 52.5 Å². The molecule has 1 aromatic carbocycles. The van der Waals surface area contributed by atoms with Crippen LogP contribution >= 0.6 is 0 Å². The van der Waals surface area contributed by atoms with Gasteiger partial charge in [0.05, 0.1) is 4.90 Å². The summed E-state index contributed by atoms with van der Waals surface area (Å²) in [4.78, 5) is 0.297. The summed E-state index contributed by atoms with van der Waals surface area (Å²) >= 11 is 0. The lowest BCUT2D eigenvalue weighted by atomic mass is 9.95. The number of aliphatic hydroxyl groups excluding tert-OH is 1. The Morgan fingerprint density at radius 3 is 1.92 bits per heavy atom. The summed E-state index contributed by atoms with van der Waals surface area (Å²) in [5, 5.41) is 10.1. The predicted octanol–water partition coefficient (Wildman–Crippen LogP) is 3.14. The molecule has 0 radical (unpaired) electrons. The van der Waals surface area contributed by atoms with Gasteiger partial charge in [-0.3, -0.25) is 0 Å². The standard InChI is InChI=1S/C18H25NO4S/c1-10-7-8-17(23-10)16(20)9-19-24(21,22)18-14(5)12(3)11(2)13(4)15(18)6/h7-8,16,19-20H,9H2,1-6H3. The molecule has 0 spiro atoms. The number of furan rings is 1. The fraction of sp³-hybridized carbons (Fsp3) is 0.444. The van der Waals surface area contributed by atoms with Gasteiger partial charge in [-0.1, -0.05) is 0 Å². The van der Waals surface area contributed by atoms with Crippen molar-refractivity contribution in [3.8, 4) is 0 Å². The van der Waals surface area contributed by atoms with E-state index in [0.717, 1.165) is 27.8 Å². The third-order valence-corrected chi connectivity index (χ3v) is 6.45. The Kier molecular flexibility index (Phi) is 5.22. The molecule has 1 atom stereocenters. The van der Waals surface area contributed by atoms with Crippen LogP contribution < -0.4 is 4.72 Å². The molecule has 132 valence electrons. The van der Waals surface area contributed by atoms with E-state index in [4.69, 9.17) is 4.42 Å². The molecule has 2 aromatic rings. The minimum absolute atomic E-state index is 0.139. The van der Waals surface area contributed by atoms with E-state index in [2.05, 4.69) is 4.72 Å². The predicted molar refractivity (Wildman–Crippen MR) is 93.7 cm³/mol. The van der Waals surface area contributed by atoms with E-state index in [1.807, 2.05) is 34.6 Å². The van der Waals surface area contributed by atoms with Crippen molar-refractivity contribution in [3.05, 3.63) is 51.5 Å². The van der Waals surface area contributed by atoms with Gasteiger partial charge in [-0.2, -0.15) is 0 Å². The zero-order valence-corrected chi connectivity index (χ0v) is 15.8. The molecule has 24 heavy (non-hydrogen) atoms. The Morgan fingerprint density at radius 2 is 1.46 bits per heavy atom. The van der Waals surface area contributed by atoms with Crippen molar-refractivity contribution in [1.82, 2.24) is 4.72 Å². The Bertz CT molecular complexity index is 836. The molecule has 0 amide bonds. The van der Waals surface area contributed by atoms with E-state index < -0.39 is 16.1 Å². The first kappa shape index (κ1) is 18.7. The molecule has 0 saturated carbocycles. The fourth-order valence-corrected chi connectivity index (χ4v) is 4.50. The van der Waals surface area contributed by atoms with Gasteiger partial charge in [-0.25, -0.2) is 13.1 Å². The molecule has 2 N–H and O–H groups in total. The van der Waals surface area contributed by atoms with E-state index in [9.17, 15) is 13.5 Å². The van der Waals surface area contributed by atoms with Crippen LogP contribution in [0.1, 0.15) is 45.4 Å². The average Bonchev–Trinajstić information content (AvgIpc) is 2.95. The Labute approximate surface area is 143 Å². The maximum absolute atomic E-state index is 12.8. The molecule has 2 rings (SSSR count). The van der Waals surface area contributed by atoms with Gasteiger partial charge >= 0.3 is 0 Å². The van der Waals surface area contributed by atoms with E-state index in [1.165, 1.54) is 0 Å². The molecule has 1 heterocycles. The number of benzene rings is 1. The van der Waals surface area contributed by atoms with Crippen LogP contribution in [0.25, 0.3) is 0 Å². The number of aliphatic hydroxyl groups is 1. The maximum Gasteiger partial charge on any atom is 0.241 e. The first-order valence-electron chi connectivity index (χ1n) is 7.87. The van der Waals surface area contributed by atoms with Gasteiger partial charge in [0.2, 0.25) is 10.0 Å². The highest BCUT2D eigenvalue weighted by Gasteiger charge is 2.25. The summed E-state index contributed by atoms with van der Waals surface area (Å²) in [7, 11) is -3.73. The Morgan fingerprint density at radius 1 is 0.958 bits per heavy atom. The molecular formula is C18H25NO4S. The molecule has 0 aliphatic heterocycles. The molecule has 0 bridgehead atoms. The number of nitrogens with one attached hydrogen (secondary N) is 1. The van der Waals surface area contributed by atoms with Crippen LogP contribution in [0.5, 0.6) is 0 Å². The second-order valence-electron chi connectivity index (χ2n) is 6.27. The molecule has 0 aliphatic carbocycles. The van der Waals surface area contributed by atoms with E-state index >= 15 is 0 Å². The van der Waals surface area contributed by atoms with E-state index in [0.29, 0.717) is 16.4 Å². The molecular weight excluding hydrogens is 326 g/mol. The van der Waals surface area contributed by atoms with E-state index in [-0.39, 0.29) is 6.54 Å². The summed E-state index contributed by atoms with van der Waals surface area (Å²) in [6, 6.07) is 3.37. The smallest absolute Gasteiger partial charge is 0.241 e. The molecule has 5 nitrogen and oxygen atoms in total. The van der Waals surface area contributed by atoms with Crippen LogP contribution in [-0.4, -0.2) is 20.1 Å². The monoisotopic (exact) mass is 351 g/mol. The Balaban J connectivity index is 2.32. The molecule has 6 heteroatoms. The van der Waals surface area contributed by atoms with E-state index in [1.54, 1.807) is 19.1 Å². The number of sulfonamides is 1. The van der Waals surface area contributed by atoms with Gasteiger partial charge in [0.25, 0.3) is 0 Å². The Hall–Kier alpha value is -1.63. The quantitative estimate of drug-likeness (QED) is 0.867. The molecule has 1 unspecified atom stereocenters. The summed E-state index contributed by atoms with van der Waals surface area (Å²) in [6.45, 7) is 11.1. The zero-order valence-electron chi connectivity index (χ0n) is 15.0. The third kappa shape index (κ3) is 3.41. The zero-order chi connectivity index (χ0) is 18.2. The normalized spacial score (nSPS) is 13.3. The maximum atomic E-state index is 12.8. The summed E-state index contributed by atoms with van der Waals surface area (Å²) in [6.07, 6.45) is -1.03. The minimum atomic E-state index is -3.73. The number of aryl methyl sites for hydroxylation is 1. The van der Waals surface area contributed by atoms with Crippen LogP contribution in [0.15, 0.2) is 21.4 Å². The van der Waals surface area contributed by atoms with Gasteiger partial charge in [0.15, 0.2) is 0 Å². The first-order valence-corrected chi connectivity index (χ1v) is 9.35. The van der Waals surface area contributed by atoms with Crippen LogP contribution in [0.2, 0.25) is 0 Å². The first-order chi connectivity index (χ1) is 11.1. The lowest BCUT2D eigenvalue weighted by Gasteiger charge is -2.19. The highest BCUT2D eigenvalue weighted by molar-refractivity contribution is 7.89. The molecule has 0 aliphatic rings. The number of hydrogen-bond donors (Lipinski definition) is 2. The lowest BCUT2D eigenvalue weighted by molar-refractivity contribution is 0.152. The minimum Gasteiger partial charge on any atom is -0.464 e. The van der Waals surface area contributed by atoms with Crippen molar-refractivity contribution >= 4 is 10.0 Å². The van der Waals surface area contributed by atoms with Crippen molar-refractivity contribution < 1.29 is 17.9 Å². The fourth-order valence-electron chi connectivity index (χ4n) is 2.86. The number of hydrogen-bond acceptors (Lipinski definition) is 4. The van der Waals surface area contributed by atoms with Crippen LogP contribution in [-0.2, 0) is 10.0 Å². The van der Waals surface area contributed by atoms with Gasteiger partial charge < -0.3 is 9.52 Å². The molecule has 1 aromatic heterocycles. The summed E-state index contributed by atoms with van der Waals surface area (Å²) in [5.41, 5.74) is 4.54. The van der Waals surface area contributed by atoms with Gasteiger partial charge in [0, 0.05) is 6.54 Å². The highest BCUT2D eigenvalue weighted by Crippen LogP contribution is 2.29. The van der Waals surface area contributed by atoms with Crippen molar-refractivity contribution in [3.63, 3.8) is 0 Å². The highest BCUT2D eigenvalue weighted by atomic mass is 32.2. The largest absolute Gasteiger partial charge is 0.464 e. The molecule has 0 fully saturated rings. The third-order valence-electron chi connectivity index (χ3n) is 4.76. The SMILES string of the molecule is Cc1ccc(C(O)CNS(=O)(=O)c2c(C)c(C)c(C)c(C)c2C)o1. The summed E-state index contributed by atoms with van der Waals surface area (Å²) in [5.74, 6) is 1.02.